The number of aryl methyl sites for hydroxylation is 2. The van der Waals surface area contributed by atoms with Gasteiger partial charge in [0.15, 0.2) is 5.16 Å². The fraction of sp³-hybridized carbons (Fsp3) is 0.500. The summed E-state index contributed by atoms with van der Waals surface area (Å²) in [5, 5.41) is 9.21. The van der Waals surface area contributed by atoms with Crippen molar-refractivity contribution in [3.63, 3.8) is 0 Å². The van der Waals surface area contributed by atoms with Crippen LogP contribution in [0.2, 0.25) is 0 Å². The van der Waals surface area contributed by atoms with E-state index < -0.39 is 0 Å². The van der Waals surface area contributed by atoms with Gasteiger partial charge in [0.25, 0.3) is 0 Å². The number of rotatable bonds is 5. The summed E-state index contributed by atoms with van der Waals surface area (Å²) >= 11 is 1.44. The maximum atomic E-state index is 12.5. The molecule has 1 aromatic carbocycles. The maximum absolute atomic E-state index is 12.5. The van der Waals surface area contributed by atoms with E-state index in [9.17, 15) is 4.79 Å². The highest BCUT2D eigenvalue weighted by atomic mass is 32.2. The monoisotopic (exact) mass is 360 g/mol. The fourth-order valence-electron chi connectivity index (χ4n) is 2.94. The lowest BCUT2D eigenvalue weighted by Gasteiger charge is -2.32. The summed E-state index contributed by atoms with van der Waals surface area (Å²) in [7, 11) is 0. The summed E-state index contributed by atoms with van der Waals surface area (Å²) in [6, 6.07) is 8.12. The number of amides is 1. The molecule has 0 N–H and O–H groups in total. The van der Waals surface area contributed by atoms with Crippen LogP contribution in [0.4, 0.5) is 0 Å². The number of benzene rings is 1. The topological polar surface area (TPSA) is 60.2 Å². The van der Waals surface area contributed by atoms with Gasteiger partial charge >= 0.3 is 0 Å². The predicted molar refractivity (Wildman–Crippen MR) is 98.2 cm³/mol. The van der Waals surface area contributed by atoms with E-state index in [4.69, 9.17) is 4.74 Å². The smallest absolute Gasteiger partial charge is 0.233 e. The second-order valence-corrected chi connectivity index (χ2v) is 7.12. The standard InChI is InChI=1S/C18H24N4O2S/c1-4-15-11-21(9-10-24-15)17(23)12-25-18-20-19-14(3)22(18)16-8-6-5-7-13(16)2/h5-8,15H,4,9-12H2,1-3H3. The zero-order chi connectivity index (χ0) is 17.8. The van der Waals surface area contributed by atoms with Gasteiger partial charge in [-0.1, -0.05) is 36.9 Å². The average Bonchev–Trinajstić information content (AvgIpc) is 3.00. The van der Waals surface area contributed by atoms with Gasteiger partial charge in [0, 0.05) is 13.1 Å². The van der Waals surface area contributed by atoms with Crippen molar-refractivity contribution in [2.24, 2.45) is 0 Å². The summed E-state index contributed by atoms with van der Waals surface area (Å²) in [5.74, 6) is 1.31. The third kappa shape index (κ3) is 4.04. The van der Waals surface area contributed by atoms with Crippen molar-refractivity contribution in [2.75, 3.05) is 25.4 Å². The average molecular weight is 360 g/mol. The van der Waals surface area contributed by atoms with Crippen LogP contribution in [0, 0.1) is 13.8 Å². The third-order valence-electron chi connectivity index (χ3n) is 4.42. The maximum Gasteiger partial charge on any atom is 0.233 e. The minimum atomic E-state index is 0.128. The molecule has 1 aliphatic heterocycles. The summed E-state index contributed by atoms with van der Waals surface area (Å²) in [5.41, 5.74) is 2.20. The number of carbonyl (C=O) groups excluding carboxylic acids is 1. The molecular weight excluding hydrogens is 336 g/mol. The number of ether oxygens (including phenoxy) is 1. The fourth-order valence-corrected chi connectivity index (χ4v) is 3.83. The van der Waals surface area contributed by atoms with Crippen LogP contribution >= 0.6 is 11.8 Å². The van der Waals surface area contributed by atoms with Crippen molar-refractivity contribution >= 4 is 17.7 Å². The van der Waals surface area contributed by atoms with Crippen LogP contribution in [0.5, 0.6) is 0 Å². The van der Waals surface area contributed by atoms with Crippen LogP contribution in [0.1, 0.15) is 24.7 Å². The number of hydrogen-bond donors (Lipinski definition) is 0. The summed E-state index contributed by atoms with van der Waals surface area (Å²) in [6.45, 7) is 8.04. The molecule has 1 aromatic heterocycles. The predicted octanol–water partition coefficient (Wildman–Crippen LogP) is 2.61. The molecule has 1 aliphatic rings. The quantitative estimate of drug-likeness (QED) is 0.767. The molecule has 25 heavy (non-hydrogen) atoms. The lowest BCUT2D eigenvalue weighted by atomic mass is 10.2. The van der Waals surface area contributed by atoms with E-state index in [0.29, 0.717) is 25.4 Å². The molecule has 0 radical (unpaired) electrons. The Bertz CT molecular complexity index is 746. The van der Waals surface area contributed by atoms with Crippen molar-refractivity contribution in [3.8, 4) is 5.69 Å². The zero-order valence-electron chi connectivity index (χ0n) is 14.9. The van der Waals surface area contributed by atoms with Crippen LogP contribution < -0.4 is 0 Å². The molecule has 7 heteroatoms. The molecule has 2 aromatic rings. The summed E-state index contributed by atoms with van der Waals surface area (Å²) in [4.78, 5) is 14.4. The Balaban J connectivity index is 1.70. The van der Waals surface area contributed by atoms with Crippen LogP contribution in [0.25, 0.3) is 5.69 Å². The van der Waals surface area contributed by atoms with Crippen LogP contribution in [0.15, 0.2) is 29.4 Å². The highest BCUT2D eigenvalue weighted by molar-refractivity contribution is 7.99. The number of nitrogens with zero attached hydrogens (tertiary/aromatic N) is 4. The van der Waals surface area contributed by atoms with Gasteiger partial charge in [-0.2, -0.15) is 0 Å². The van der Waals surface area contributed by atoms with Crippen molar-refractivity contribution in [1.82, 2.24) is 19.7 Å². The van der Waals surface area contributed by atoms with Gasteiger partial charge in [-0.15, -0.1) is 10.2 Å². The molecule has 1 fully saturated rings. The molecule has 0 saturated carbocycles. The Kier molecular flexibility index (Phi) is 5.75. The van der Waals surface area contributed by atoms with Crippen molar-refractivity contribution in [2.45, 2.75) is 38.5 Å². The van der Waals surface area contributed by atoms with E-state index in [0.717, 1.165) is 28.7 Å². The molecule has 1 amide bonds. The number of thioether (sulfide) groups is 1. The normalized spacial score (nSPS) is 17.7. The Labute approximate surface area is 152 Å². The first-order valence-corrected chi connectivity index (χ1v) is 9.59. The Morgan fingerprint density at radius 1 is 1.32 bits per heavy atom. The van der Waals surface area contributed by atoms with Gasteiger partial charge < -0.3 is 9.64 Å². The minimum absolute atomic E-state index is 0.128. The lowest BCUT2D eigenvalue weighted by molar-refractivity contribution is -0.135. The number of hydrogen-bond acceptors (Lipinski definition) is 5. The van der Waals surface area contributed by atoms with Gasteiger partial charge in [-0.25, -0.2) is 0 Å². The molecule has 2 heterocycles. The number of aromatic nitrogens is 3. The Morgan fingerprint density at radius 3 is 2.88 bits per heavy atom. The van der Waals surface area contributed by atoms with Gasteiger partial charge in [0.2, 0.25) is 5.91 Å². The molecule has 3 rings (SSSR count). The van der Waals surface area contributed by atoms with E-state index in [-0.39, 0.29) is 12.0 Å². The number of morpholine rings is 1. The molecule has 0 aliphatic carbocycles. The van der Waals surface area contributed by atoms with E-state index in [1.165, 1.54) is 11.8 Å². The van der Waals surface area contributed by atoms with Gasteiger partial charge in [-0.3, -0.25) is 9.36 Å². The molecule has 0 bridgehead atoms. The van der Waals surface area contributed by atoms with Crippen LogP contribution in [-0.4, -0.2) is 57.1 Å². The Hall–Kier alpha value is -1.86. The molecule has 134 valence electrons. The van der Waals surface area contributed by atoms with Crippen LogP contribution in [-0.2, 0) is 9.53 Å². The molecule has 1 unspecified atom stereocenters. The zero-order valence-corrected chi connectivity index (χ0v) is 15.8. The third-order valence-corrected chi connectivity index (χ3v) is 5.34. The largest absolute Gasteiger partial charge is 0.375 e. The minimum Gasteiger partial charge on any atom is -0.375 e. The van der Waals surface area contributed by atoms with Crippen molar-refractivity contribution in [3.05, 3.63) is 35.7 Å². The van der Waals surface area contributed by atoms with E-state index in [2.05, 4.69) is 30.1 Å². The van der Waals surface area contributed by atoms with Gasteiger partial charge in [-0.05, 0) is 31.9 Å². The van der Waals surface area contributed by atoms with E-state index in [1.807, 2.05) is 34.6 Å². The highest BCUT2D eigenvalue weighted by Crippen LogP contribution is 2.24. The van der Waals surface area contributed by atoms with E-state index >= 15 is 0 Å². The lowest BCUT2D eigenvalue weighted by Crippen LogP contribution is -2.46. The van der Waals surface area contributed by atoms with Gasteiger partial charge in [0.1, 0.15) is 5.82 Å². The van der Waals surface area contributed by atoms with Crippen molar-refractivity contribution in [1.29, 1.82) is 0 Å². The second-order valence-electron chi connectivity index (χ2n) is 6.18. The van der Waals surface area contributed by atoms with Gasteiger partial charge in [0.05, 0.1) is 24.2 Å². The Morgan fingerprint density at radius 2 is 2.12 bits per heavy atom. The second kappa shape index (κ2) is 8.01. The molecular formula is C18H24N4O2S. The number of para-hydroxylation sites is 1. The molecule has 6 nitrogen and oxygen atoms in total. The SMILES string of the molecule is CCC1CN(C(=O)CSc2nnc(C)n2-c2ccccc2C)CCO1. The number of carbonyl (C=O) groups is 1. The summed E-state index contributed by atoms with van der Waals surface area (Å²) in [6.07, 6.45) is 1.08. The molecule has 1 saturated heterocycles. The van der Waals surface area contributed by atoms with Crippen LogP contribution in [0.3, 0.4) is 0 Å². The first-order chi connectivity index (χ1) is 12.1. The first-order valence-electron chi connectivity index (χ1n) is 8.60. The van der Waals surface area contributed by atoms with E-state index in [1.54, 1.807) is 0 Å². The molecule has 0 spiro atoms. The first kappa shape index (κ1) is 17.9. The highest BCUT2D eigenvalue weighted by Gasteiger charge is 2.24. The summed E-state index contributed by atoms with van der Waals surface area (Å²) < 4.78 is 7.65. The van der Waals surface area contributed by atoms with Crippen molar-refractivity contribution < 1.29 is 9.53 Å². The molecule has 1 atom stereocenters.